The summed E-state index contributed by atoms with van der Waals surface area (Å²) < 4.78 is 10.8. The fraction of sp³-hybridized carbons (Fsp3) is 0.190. The van der Waals surface area contributed by atoms with Gasteiger partial charge in [-0.3, -0.25) is 15.6 Å². The minimum atomic E-state index is -0.399. The van der Waals surface area contributed by atoms with Gasteiger partial charge in [0, 0.05) is 17.1 Å². The topological polar surface area (TPSA) is 92.6 Å². The second-order valence-corrected chi connectivity index (χ2v) is 7.05. The van der Waals surface area contributed by atoms with Crippen molar-refractivity contribution in [2.45, 2.75) is 20.8 Å². The van der Waals surface area contributed by atoms with Crippen molar-refractivity contribution in [2.75, 3.05) is 11.9 Å². The van der Waals surface area contributed by atoms with E-state index in [2.05, 4.69) is 16.2 Å². The summed E-state index contributed by atoms with van der Waals surface area (Å²) in [7, 11) is 0. The third-order valence-electron chi connectivity index (χ3n) is 4.23. The van der Waals surface area contributed by atoms with Crippen molar-refractivity contribution in [3.8, 4) is 5.75 Å². The zero-order valence-electron chi connectivity index (χ0n) is 16.3. The van der Waals surface area contributed by atoms with Crippen LogP contribution in [0.25, 0.3) is 11.0 Å². The van der Waals surface area contributed by atoms with E-state index in [1.807, 2.05) is 45.0 Å². The number of nitrogens with one attached hydrogen (secondary N) is 3. The van der Waals surface area contributed by atoms with Gasteiger partial charge in [0.15, 0.2) is 11.7 Å². The van der Waals surface area contributed by atoms with E-state index in [1.54, 1.807) is 12.1 Å². The Hall–Kier alpha value is -3.39. The number of carbonyl (C=O) groups excluding carboxylic acids is 1. The van der Waals surface area contributed by atoms with Crippen molar-refractivity contribution in [1.82, 2.24) is 10.9 Å². The molecule has 0 aliphatic rings. The lowest BCUT2D eigenvalue weighted by Crippen LogP contribution is -2.45. The van der Waals surface area contributed by atoms with Gasteiger partial charge in [-0.05, 0) is 68.4 Å². The first-order chi connectivity index (χ1) is 13.8. The van der Waals surface area contributed by atoms with E-state index in [0.717, 1.165) is 27.8 Å². The highest BCUT2D eigenvalue weighted by Gasteiger charge is 2.10. The number of anilines is 1. The molecule has 3 rings (SSSR count). The predicted molar refractivity (Wildman–Crippen MR) is 116 cm³/mol. The number of thiocarbonyl (C=S) groups is 1. The van der Waals surface area contributed by atoms with Crippen molar-refractivity contribution in [2.24, 2.45) is 0 Å². The lowest BCUT2D eigenvalue weighted by atomic mass is 10.1. The van der Waals surface area contributed by atoms with Crippen molar-refractivity contribution in [3.63, 3.8) is 0 Å². The zero-order valence-corrected chi connectivity index (χ0v) is 17.1. The summed E-state index contributed by atoms with van der Waals surface area (Å²) >= 11 is 5.15. The summed E-state index contributed by atoms with van der Waals surface area (Å²) in [6, 6.07) is 12.6. The largest absolute Gasteiger partial charge is 0.483 e. The van der Waals surface area contributed by atoms with Gasteiger partial charge < -0.3 is 14.5 Å². The molecule has 0 spiro atoms. The number of hydrogen-bond acceptors (Lipinski definition) is 5. The van der Waals surface area contributed by atoms with Crippen LogP contribution in [0.4, 0.5) is 5.69 Å². The van der Waals surface area contributed by atoms with Crippen LogP contribution in [0.15, 0.2) is 51.7 Å². The molecule has 3 aromatic rings. The molecular weight excluding hydrogens is 390 g/mol. The van der Waals surface area contributed by atoms with E-state index in [4.69, 9.17) is 21.4 Å². The average Bonchev–Trinajstić information content (AvgIpc) is 2.66. The Morgan fingerprint density at radius 3 is 2.48 bits per heavy atom. The van der Waals surface area contributed by atoms with Crippen LogP contribution in [-0.2, 0) is 4.79 Å². The molecule has 0 fully saturated rings. The Labute approximate surface area is 173 Å². The molecule has 8 heteroatoms. The first-order valence-corrected chi connectivity index (χ1v) is 9.33. The van der Waals surface area contributed by atoms with Crippen LogP contribution in [0.5, 0.6) is 5.75 Å². The number of benzene rings is 2. The molecule has 150 valence electrons. The van der Waals surface area contributed by atoms with Gasteiger partial charge in [-0.25, -0.2) is 4.79 Å². The van der Waals surface area contributed by atoms with Gasteiger partial charge in [0.2, 0.25) is 0 Å². The van der Waals surface area contributed by atoms with Crippen LogP contribution in [-0.4, -0.2) is 17.6 Å². The smallest absolute Gasteiger partial charge is 0.336 e. The van der Waals surface area contributed by atoms with Gasteiger partial charge in [0.25, 0.3) is 5.91 Å². The summed E-state index contributed by atoms with van der Waals surface area (Å²) in [6.45, 7) is 5.42. The number of carbonyl (C=O) groups is 1. The molecule has 0 atom stereocenters. The lowest BCUT2D eigenvalue weighted by molar-refractivity contribution is -0.123. The molecule has 1 amide bonds. The Morgan fingerprint density at radius 2 is 1.76 bits per heavy atom. The maximum atomic E-state index is 12.1. The van der Waals surface area contributed by atoms with Gasteiger partial charge in [0.05, 0.1) is 0 Å². The minimum Gasteiger partial charge on any atom is -0.483 e. The van der Waals surface area contributed by atoms with E-state index in [1.165, 1.54) is 6.07 Å². The molecule has 1 heterocycles. The van der Waals surface area contributed by atoms with Crippen molar-refractivity contribution in [1.29, 1.82) is 0 Å². The summed E-state index contributed by atoms with van der Waals surface area (Å²) in [6.07, 6.45) is 0. The second-order valence-electron chi connectivity index (χ2n) is 6.64. The standard InChI is InChI=1S/C21H21N3O4S/c1-12-4-6-15(7-5-12)22-21(29)24-23-19(25)11-27-17-10-16-13(2)9-20(26)28-18(16)8-14(17)3/h4-10H,11H2,1-3H3,(H,23,25)(H2,22,24,29). The normalized spacial score (nSPS) is 10.4. The summed E-state index contributed by atoms with van der Waals surface area (Å²) in [5, 5.41) is 3.98. The van der Waals surface area contributed by atoms with Crippen LogP contribution in [0.3, 0.4) is 0 Å². The minimum absolute atomic E-state index is 0.206. The number of amides is 1. The van der Waals surface area contributed by atoms with Gasteiger partial charge in [-0.1, -0.05) is 17.7 Å². The molecule has 0 bridgehead atoms. The Morgan fingerprint density at radius 1 is 1.03 bits per heavy atom. The number of fused-ring (bicyclic) bond motifs is 1. The quantitative estimate of drug-likeness (QED) is 0.345. The van der Waals surface area contributed by atoms with Gasteiger partial charge in [0.1, 0.15) is 11.3 Å². The van der Waals surface area contributed by atoms with Crippen molar-refractivity contribution < 1.29 is 13.9 Å². The van der Waals surface area contributed by atoms with Crippen LogP contribution < -0.4 is 26.5 Å². The molecule has 0 aliphatic heterocycles. The van der Waals surface area contributed by atoms with E-state index < -0.39 is 11.5 Å². The van der Waals surface area contributed by atoms with E-state index in [-0.39, 0.29) is 11.7 Å². The maximum Gasteiger partial charge on any atom is 0.336 e. The van der Waals surface area contributed by atoms with Gasteiger partial charge in [-0.2, -0.15) is 0 Å². The second kappa shape index (κ2) is 8.74. The highest BCUT2D eigenvalue weighted by Crippen LogP contribution is 2.26. The highest BCUT2D eigenvalue weighted by atomic mass is 32.1. The van der Waals surface area contributed by atoms with E-state index in [0.29, 0.717) is 11.3 Å². The molecule has 0 aliphatic carbocycles. The number of hydrazine groups is 1. The molecule has 0 radical (unpaired) electrons. The summed E-state index contributed by atoms with van der Waals surface area (Å²) in [4.78, 5) is 23.6. The van der Waals surface area contributed by atoms with Crippen molar-refractivity contribution >= 4 is 39.9 Å². The highest BCUT2D eigenvalue weighted by molar-refractivity contribution is 7.80. The van der Waals surface area contributed by atoms with Gasteiger partial charge in [-0.15, -0.1) is 0 Å². The Bertz CT molecular complexity index is 1120. The molecule has 0 unspecified atom stereocenters. The zero-order chi connectivity index (χ0) is 21.0. The van der Waals surface area contributed by atoms with E-state index >= 15 is 0 Å². The Kier molecular flexibility index (Phi) is 6.13. The molecule has 0 saturated carbocycles. The summed E-state index contributed by atoms with van der Waals surface area (Å²) in [5.41, 5.74) is 8.68. The molecule has 2 aromatic carbocycles. The molecule has 29 heavy (non-hydrogen) atoms. The number of aryl methyl sites for hydroxylation is 3. The van der Waals surface area contributed by atoms with Crippen molar-refractivity contribution in [3.05, 3.63) is 69.6 Å². The fourth-order valence-corrected chi connectivity index (χ4v) is 2.88. The number of ether oxygens (including phenoxy) is 1. The van der Waals surface area contributed by atoms with Gasteiger partial charge >= 0.3 is 5.63 Å². The van der Waals surface area contributed by atoms with E-state index in [9.17, 15) is 9.59 Å². The van der Waals surface area contributed by atoms with Crippen LogP contribution in [0.1, 0.15) is 16.7 Å². The maximum absolute atomic E-state index is 12.1. The molecule has 1 aromatic heterocycles. The molecule has 0 saturated heterocycles. The molecule has 7 nitrogen and oxygen atoms in total. The molecular formula is C21H21N3O4S. The third kappa shape index (κ3) is 5.32. The SMILES string of the molecule is Cc1ccc(NC(=S)NNC(=O)COc2cc3c(C)cc(=O)oc3cc2C)cc1. The first kappa shape index (κ1) is 20.3. The Balaban J connectivity index is 1.55. The fourth-order valence-electron chi connectivity index (χ4n) is 2.71. The first-order valence-electron chi connectivity index (χ1n) is 8.92. The third-order valence-corrected chi connectivity index (χ3v) is 4.43. The molecule has 3 N–H and O–H groups in total. The summed E-state index contributed by atoms with van der Waals surface area (Å²) in [5.74, 6) is 0.138. The predicted octanol–water partition coefficient (Wildman–Crippen LogP) is 3.11. The number of rotatable bonds is 4. The number of hydrogen-bond donors (Lipinski definition) is 3. The average molecular weight is 411 g/mol. The monoisotopic (exact) mass is 411 g/mol. The van der Waals surface area contributed by atoms with Crippen LogP contribution >= 0.6 is 12.2 Å². The lowest BCUT2D eigenvalue weighted by Gasteiger charge is -2.13. The van der Waals surface area contributed by atoms with Crippen LogP contribution in [0.2, 0.25) is 0 Å². The van der Waals surface area contributed by atoms with Crippen LogP contribution in [0, 0.1) is 20.8 Å².